The van der Waals surface area contributed by atoms with E-state index in [0.29, 0.717) is 12.0 Å². The number of alkyl halides is 3. The molecule has 0 aliphatic carbocycles. The number of rotatable bonds is 5. The number of carbonyl (C=O) groups excluding carboxylic acids is 1. The number of esters is 1. The Bertz CT molecular complexity index is 610. The normalized spacial score (nSPS) is 20.3. The van der Waals surface area contributed by atoms with E-state index < -0.39 is 23.5 Å². The zero-order valence-corrected chi connectivity index (χ0v) is 12.8. The van der Waals surface area contributed by atoms with Crippen LogP contribution < -0.4 is 4.74 Å². The van der Waals surface area contributed by atoms with E-state index in [1.807, 2.05) is 0 Å². The summed E-state index contributed by atoms with van der Waals surface area (Å²) in [5.41, 5.74) is -0.352. The summed E-state index contributed by atoms with van der Waals surface area (Å²) in [6.45, 7) is 2.89. The van der Waals surface area contributed by atoms with Crippen molar-refractivity contribution >= 4 is 12.0 Å². The number of hydrogen-bond donors (Lipinski definition) is 0. The molecule has 0 N–H and O–H groups in total. The Labute approximate surface area is 131 Å². The van der Waals surface area contributed by atoms with Crippen LogP contribution in [-0.2, 0) is 14.3 Å². The second-order valence-corrected chi connectivity index (χ2v) is 4.88. The van der Waals surface area contributed by atoms with Crippen LogP contribution in [0.1, 0.15) is 25.8 Å². The topological polar surface area (TPSA) is 44.8 Å². The van der Waals surface area contributed by atoms with Gasteiger partial charge in [0.2, 0.25) is 0 Å². The van der Waals surface area contributed by atoms with Gasteiger partial charge in [-0.3, -0.25) is 0 Å². The highest BCUT2D eigenvalue weighted by molar-refractivity contribution is 5.97. The maximum Gasteiger partial charge on any atom is 0.460 e. The minimum Gasteiger partial charge on any atom is -0.462 e. The first-order valence-corrected chi connectivity index (χ1v) is 7.23. The molecule has 0 saturated carbocycles. The van der Waals surface area contributed by atoms with Gasteiger partial charge in [0.05, 0.1) is 13.2 Å². The largest absolute Gasteiger partial charge is 0.462 e. The van der Waals surface area contributed by atoms with Crippen molar-refractivity contribution in [3.05, 3.63) is 35.4 Å². The number of fused-ring (bicyclic) bond motifs is 1. The van der Waals surface area contributed by atoms with E-state index in [1.165, 1.54) is 13.0 Å². The van der Waals surface area contributed by atoms with Crippen LogP contribution in [0, 0.1) is 0 Å². The molecule has 1 aromatic rings. The van der Waals surface area contributed by atoms with Crippen molar-refractivity contribution < 1.29 is 32.2 Å². The van der Waals surface area contributed by atoms with Crippen LogP contribution in [0.5, 0.6) is 5.75 Å². The van der Waals surface area contributed by atoms with Crippen molar-refractivity contribution in [3.8, 4) is 5.75 Å². The van der Waals surface area contributed by atoms with Gasteiger partial charge < -0.3 is 14.2 Å². The van der Waals surface area contributed by atoms with Crippen LogP contribution in [-0.4, -0.2) is 31.1 Å². The van der Waals surface area contributed by atoms with Crippen LogP contribution in [0.2, 0.25) is 0 Å². The summed E-state index contributed by atoms with van der Waals surface area (Å²) < 4.78 is 56.2. The maximum absolute atomic E-state index is 13.8. The molecule has 23 heavy (non-hydrogen) atoms. The fraction of sp³-hybridized carbons (Fsp3) is 0.438. The van der Waals surface area contributed by atoms with Crippen molar-refractivity contribution in [2.75, 3.05) is 13.2 Å². The van der Waals surface area contributed by atoms with Crippen LogP contribution in [0.3, 0.4) is 0 Å². The number of ether oxygens (including phenoxy) is 3. The van der Waals surface area contributed by atoms with Gasteiger partial charge in [0.25, 0.3) is 0 Å². The molecule has 1 atom stereocenters. The molecule has 0 saturated heterocycles. The van der Waals surface area contributed by atoms with Gasteiger partial charge in [-0.05, 0) is 25.5 Å². The molecule has 1 aliphatic rings. The molecule has 0 fully saturated rings. The summed E-state index contributed by atoms with van der Waals surface area (Å²) in [5.74, 6) is -4.28. The zero-order chi connectivity index (χ0) is 17.1. The fourth-order valence-electron chi connectivity index (χ4n) is 2.20. The van der Waals surface area contributed by atoms with E-state index in [-0.39, 0.29) is 19.0 Å². The third-order valence-corrected chi connectivity index (χ3v) is 3.21. The Morgan fingerprint density at radius 3 is 2.57 bits per heavy atom. The van der Waals surface area contributed by atoms with Crippen molar-refractivity contribution in [1.29, 1.82) is 0 Å². The Morgan fingerprint density at radius 1 is 1.26 bits per heavy atom. The average Bonchev–Trinajstić information content (AvgIpc) is 2.51. The minimum absolute atomic E-state index is 0.00558. The quantitative estimate of drug-likeness (QED) is 0.772. The Morgan fingerprint density at radius 2 is 1.96 bits per heavy atom. The van der Waals surface area contributed by atoms with Gasteiger partial charge in [-0.15, -0.1) is 0 Å². The number of halogens is 3. The third-order valence-electron chi connectivity index (χ3n) is 3.21. The summed E-state index contributed by atoms with van der Waals surface area (Å²) in [6.07, 6.45) is -3.51. The smallest absolute Gasteiger partial charge is 0.460 e. The molecule has 1 heterocycles. The Balaban J connectivity index is 2.60. The molecule has 1 aromatic carbocycles. The van der Waals surface area contributed by atoms with Crippen molar-refractivity contribution in [3.63, 3.8) is 0 Å². The Kier molecular flexibility index (Phi) is 4.99. The first kappa shape index (κ1) is 17.3. The maximum atomic E-state index is 13.8. The van der Waals surface area contributed by atoms with E-state index in [9.17, 15) is 18.0 Å². The molecule has 0 radical (unpaired) electrons. The van der Waals surface area contributed by atoms with Gasteiger partial charge in [0.1, 0.15) is 11.3 Å². The van der Waals surface area contributed by atoms with Gasteiger partial charge >= 0.3 is 17.9 Å². The van der Waals surface area contributed by atoms with E-state index in [0.717, 1.165) is 6.08 Å². The lowest BCUT2D eigenvalue weighted by atomic mass is 9.97. The van der Waals surface area contributed by atoms with Gasteiger partial charge in [0.15, 0.2) is 0 Å². The molecule has 2 rings (SSSR count). The van der Waals surface area contributed by atoms with E-state index >= 15 is 0 Å². The number of para-hydroxylation sites is 1. The molecule has 0 bridgehead atoms. The molecule has 0 spiro atoms. The molecule has 126 valence electrons. The Hall–Kier alpha value is -2.02. The summed E-state index contributed by atoms with van der Waals surface area (Å²) in [6, 6.07) is 6.12. The molecule has 1 aliphatic heterocycles. The van der Waals surface area contributed by atoms with Crippen LogP contribution in [0.4, 0.5) is 13.2 Å². The lowest BCUT2D eigenvalue weighted by Crippen LogP contribution is -2.57. The molecular formula is C16H17F3O4. The third kappa shape index (κ3) is 3.19. The second kappa shape index (κ2) is 6.62. The molecule has 4 nitrogen and oxygen atoms in total. The van der Waals surface area contributed by atoms with Gasteiger partial charge in [-0.1, -0.05) is 25.1 Å². The first-order chi connectivity index (χ1) is 10.9. The summed E-state index contributed by atoms with van der Waals surface area (Å²) in [5, 5.41) is 0. The van der Waals surface area contributed by atoms with Gasteiger partial charge in [0, 0.05) is 5.56 Å². The predicted octanol–water partition coefficient (Wildman–Crippen LogP) is 3.71. The van der Waals surface area contributed by atoms with Crippen molar-refractivity contribution in [2.24, 2.45) is 0 Å². The summed E-state index contributed by atoms with van der Waals surface area (Å²) in [7, 11) is 0. The molecule has 0 aromatic heterocycles. The van der Waals surface area contributed by atoms with Crippen molar-refractivity contribution in [1.82, 2.24) is 0 Å². The van der Waals surface area contributed by atoms with E-state index in [4.69, 9.17) is 14.2 Å². The summed E-state index contributed by atoms with van der Waals surface area (Å²) in [4.78, 5) is 12.1. The van der Waals surface area contributed by atoms with Gasteiger partial charge in [-0.2, -0.15) is 13.2 Å². The van der Waals surface area contributed by atoms with Crippen molar-refractivity contribution in [2.45, 2.75) is 32.2 Å². The zero-order valence-electron chi connectivity index (χ0n) is 12.8. The number of hydrogen-bond acceptors (Lipinski definition) is 4. The SMILES string of the molecule is CCCO[C@]1(C(F)(F)F)Oc2ccccc2C=C1C(=O)OCC. The van der Waals surface area contributed by atoms with E-state index in [2.05, 4.69) is 0 Å². The molecule has 0 amide bonds. The highest BCUT2D eigenvalue weighted by Crippen LogP contribution is 2.46. The lowest BCUT2D eigenvalue weighted by molar-refractivity contribution is -0.334. The van der Waals surface area contributed by atoms with Crippen LogP contribution >= 0.6 is 0 Å². The second-order valence-electron chi connectivity index (χ2n) is 4.88. The number of benzene rings is 1. The number of carbonyl (C=O) groups is 1. The summed E-state index contributed by atoms with van der Waals surface area (Å²) >= 11 is 0. The molecular weight excluding hydrogens is 313 g/mol. The standard InChI is InChI=1S/C16H17F3O4/c1-3-9-22-15(16(17,18)19)12(14(20)21-4-2)10-11-7-5-6-8-13(11)23-15/h5-8,10H,3-4,9H2,1-2H3/t15-/m0/s1. The van der Waals surface area contributed by atoms with Crippen LogP contribution in [0.15, 0.2) is 29.8 Å². The molecule has 7 heteroatoms. The van der Waals surface area contributed by atoms with Gasteiger partial charge in [-0.25, -0.2) is 4.79 Å². The monoisotopic (exact) mass is 330 g/mol. The fourth-order valence-corrected chi connectivity index (χ4v) is 2.20. The predicted molar refractivity (Wildman–Crippen MR) is 76.7 cm³/mol. The highest BCUT2D eigenvalue weighted by atomic mass is 19.4. The average molecular weight is 330 g/mol. The highest BCUT2D eigenvalue weighted by Gasteiger charge is 2.65. The van der Waals surface area contributed by atoms with Crippen LogP contribution in [0.25, 0.3) is 6.08 Å². The van der Waals surface area contributed by atoms with E-state index in [1.54, 1.807) is 25.1 Å². The molecule has 0 unspecified atom stereocenters. The lowest BCUT2D eigenvalue weighted by Gasteiger charge is -2.38. The first-order valence-electron chi connectivity index (χ1n) is 7.23. The minimum atomic E-state index is -4.95.